The quantitative estimate of drug-likeness (QED) is 0.760. The Hall–Kier alpha value is -2.86. The largest absolute Gasteiger partial charge is 0.323 e. The number of aromatic amines is 1. The fraction of sp³-hybridized carbons (Fsp3) is 0.300. The maximum atomic E-state index is 12.7. The summed E-state index contributed by atoms with van der Waals surface area (Å²) in [5, 5.41) is 11.0. The van der Waals surface area contributed by atoms with Crippen molar-refractivity contribution in [1.82, 2.24) is 20.0 Å². The molecule has 26 heavy (non-hydrogen) atoms. The van der Waals surface area contributed by atoms with E-state index >= 15 is 0 Å². The van der Waals surface area contributed by atoms with E-state index in [1.807, 2.05) is 36.2 Å². The van der Waals surface area contributed by atoms with E-state index in [0.717, 1.165) is 42.6 Å². The Balaban J connectivity index is 1.37. The fourth-order valence-electron chi connectivity index (χ4n) is 3.56. The van der Waals surface area contributed by atoms with E-state index in [-0.39, 0.29) is 12.1 Å². The number of rotatable bonds is 4. The molecule has 0 bridgehead atoms. The smallest absolute Gasteiger partial charge is 0.321 e. The number of carbonyl (C=O) groups excluding carboxylic acids is 1. The molecule has 0 spiro atoms. The van der Waals surface area contributed by atoms with Gasteiger partial charge in [0.15, 0.2) is 0 Å². The highest BCUT2D eigenvalue weighted by molar-refractivity contribution is 5.99. The van der Waals surface area contributed by atoms with E-state index in [9.17, 15) is 4.79 Å². The van der Waals surface area contributed by atoms with Gasteiger partial charge >= 0.3 is 6.03 Å². The summed E-state index contributed by atoms with van der Waals surface area (Å²) in [6.45, 7) is 2.83. The van der Waals surface area contributed by atoms with Crippen LogP contribution < -0.4 is 5.32 Å². The van der Waals surface area contributed by atoms with Crippen LogP contribution in [0.3, 0.4) is 0 Å². The Kier molecular flexibility index (Phi) is 4.58. The molecule has 1 saturated heterocycles. The molecule has 1 aliphatic heterocycles. The van der Waals surface area contributed by atoms with Gasteiger partial charge in [0, 0.05) is 38.1 Å². The minimum absolute atomic E-state index is 0.0846. The third kappa shape index (κ3) is 3.41. The van der Waals surface area contributed by atoms with E-state index in [2.05, 4.69) is 44.7 Å². The van der Waals surface area contributed by atoms with Gasteiger partial charge in [0.25, 0.3) is 0 Å². The van der Waals surface area contributed by atoms with Crippen LogP contribution in [0.15, 0.2) is 54.7 Å². The fourth-order valence-corrected chi connectivity index (χ4v) is 3.56. The van der Waals surface area contributed by atoms with Crippen LogP contribution in [0.1, 0.15) is 12.0 Å². The number of nitrogens with one attached hydrogen (secondary N) is 2. The van der Waals surface area contributed by atoms with Crippen molar-refractivity contribution in [2.75, 3.05) is 25.5 Å². The summed E-state index contributed by atoms with van der Waals surface area (Å²) in [4.78, 5) is 16.9. The van der Waals surface area contributed by atoms with Gasteiger partial charge in [-0.05, 0) is 18.1 Å². The molecule has 0 saturated carbocycles. The molecule has 2 amide bonds. The van der Waals surface area contributed by atoms with Crippen LogP contribution in [-0.4, -0.2) is 52.2 Å². The number of carbonyl (C=O) groups is 1. The lowest BCUT2D eigenvalue weighted by Crippen LogP contribution is -2.41. The standard InChI is InChI=1S/C20H23N5O/c1-24(17-10-11-25(14-17)13-15-6-3-2-4-7-15)20(26)22-18-9-5-8-16-12-21-23-19(16)18/h2-9,12,17H,10-11,13-14H2,1H3,(H,21,23)(H,22,26)/t17-/m0/s1. The monoisotopic (exact) mass is 349 g/mol. The van der Waals surface area contributed by atoms with E-state index in [0.29, 0.717) is 0 Å². The van der Waals surface area contributed by atoms with Crippen molar-refractivity contribution in [3.63, 3.8) is 0 Å². The number of likely N-dealkylation sites (N-methyl/N-ethyl adjacent to an activating group) is 1. The van der Waals surface area contributed by atoms with Gasteiger partial charge in [-0.15, -0.1) is 0 Å². The first kappa shape index (κ1) is 16.6. The second-order valence-corrected chi connectivity index (χ2v) is 6.84. The van der Waals surface area contributed by atoms with E-state index < -0.39 is 0 Å². The van der Waals surface area contributed by atoms with Crippen LogP contribution in [0, 0.1) is 0 Å². The Morgan fingerprint density at radius 1 is 1.27 bits per heavy atom. The number of amides is 2. The third-order valence-corrected chi connectivity index (χ3v) is 5.08. The highest BCUT2D eigenvalue weighted by atomic mass is 16.2. The second-order valence-electron chi connectivity index (χ2n) is 6.84. The van der Waals surface area contributed by atoms with Gasteiger partial charge in [0.05, 0.1) is 17.4 Å². The zero-order valence-electron chi connectivity index (χ0n) is 14.9. The van der Waals surface area contributed by atoms with E-state index in [1.54, 1.807) is 6.20 Å². The number of hydrogen-bond donors (Lipinski definition) is 2. The van der Waals surface area contributed by atoms with Crippen molar-refractivity contribution < 1.29 is 4.79 Å². The summed E-state index contributed by atoms with van der Waals surface area (Å²) in [5.74, 6) is 0. The molecule has 134 valence electrons. The van der Waals surface area contributed by atoms with Crippen LogP contribution in [0.4, 0.5) is 10.5 Å². The summed E-state index contributed by atoms with van der Waals surface area (Å²) in [6.07, 6.45) is 2.75. The van der Waals surface area contributed by atoms with Crippen molar-refractivity contribution in [2.24, 2.45) is 0 Å². The normalized spacial score (nSPS) is 17.5. The van der Waals surface area contributed by atoms with Gasteiger partial charge in [0.1, 0.15) is 0 Å². The Labute approximate surface area is 152 Å². The van der Waals surface area contributed by atoms with E-state index in [1.165, 1.54) is 5.56 Å². The molecular formula is C20H23N5O. The molecule has 1 aliphatic rings. The minimum atomic E-state index is -0.0846. The predicted molar refractivity (Wildman–Crippen MR) is 103 cm³/mol. The number of fused-ring (bicyclic) bond motifs is 1. The third-order valence-electron chi connectivity index (χ3n) is 5.08. The topological polar surface area (TPSA) is 64.3 Å². The molecule has 6 heteroatoms. The number of H-pyrrole nitrogens is 1. The number of urea groups is 1. The molecule has 2 heterocycles. The molecule has 1 fully saturated rings. The average molecular weight is 349 g/mol. The van der Waals surface area contributed by atoms with Crippen molar-refractivity contribution in [1.29, 1.82) is 0 Å². The minimum Gasteiger partial charge on any atom is -0.323 e. The first-order valence-corrected chi connectivity index (χ1v) is 8.93. The summed E-state index contributed by atoms with van der Waals surface area (Å²) in [6, 6.07) is 16.4. The Bertz CT molecular complexity index is 891. The summed E-state index contributed by atoms with van der Waals surface area (Å²) < 4.78 is 0. The summed E-state index contributed by atoms with van der Waals surface area (Å²) >= 11 is 0. The van der Waals surface area contributed by atoms with E-state index in [4.69, 9.17) is 0 Å². The lowest BCUT2D eigenvalue weighted by atomic mass is 10.2. The van der Waals surface area contributed by atoms with Gasteiger partial charge in [0.2, 0.25) is 0 Å². The molecule has 0 radical (unpaired) electrons. The zero-order chi connectivity index (χ0) is 17.9. The number of anilines is 1. The van der Waals surface area contributed by atoms with Crippen LogP contribution >= 0.6 is 0 Å². The molecule has 1 atom stereocenters. The van der Waals surface area contributed by atoms with Crippen LogP contribution in [0.2, 0.25) is 0 Å². The molecule has 2 N–H and O–H groups in total. The molecule has 3 aromatic rings. The van der Waals surface area contributed by atoms with Crippen LogP contribution in [0.5, 0.6) is 0 Å². The van der Waals surface area contributed by atoms with Crippen LogP contribution in [0.25, 0.3) is 10.9 Å². The van der Waals surface area contributed by atoms with Gasteiger partial charge < -0.3 is 10.2 Å². The van der Waals surface area contributed by atoms with Gasteiger partial charge in [-0.1, -0.05) is 42.5 Å². The predicted octanol–water partition coefficient (Wildman–Crippen LogP) is 3.30. The lowest BCUT2D eigenvalue weighted by Gasteiger charge is -2.25. The number of aromatic nitrogens is 2. The lowest BCUT2D eigenvalue weighted by molar-refractivity contribution is 0.201. The van der Waals surface area contributed by atoms with Gasteiger partial charge in [-0.25, -0.2) is 4.79 Å². The molecular weight excluding hydrogens is 326 g/mol. The molecule has 0 aliphatic carbocycles. The van der Waals surface area contributed by atoms with Crippen molar-refractivity contribution in [3.8, 4) is 0 Å². The molecule has 1 aromatic heterocycles. The number of benzene rings is 2. The molecule has 6 nitrogen and oxygen atoms in total. The highest BCUT2D eigenvalue weighted by Gasteiger charge is 2.28. The van der Waals surface area contributed by atoms with Crippen molar-refractivity contribution in [3.05, 3.63) is 60.3 Å². The molecule has 4 rings (SSSR count). The Morgan fingerprint density at radius 3 is 2.96 bits per heavy atom. The number of nitrogens with zero attached hydrogens (tertiary/aromatic N) is 3. The molecule has 0 unspecified atom stereocenters. The maximum Gasteiger partial charge on any atom is 0.321 e. The number of hydrogen-bond acceptors (Lipinski definition) is 3. The summed E-state index contributed by atoms with van der Waals surface area (Å²) in [5.41, 5.74) is 2.92. The SMILES string of the molecule is CN(C(=O)Nc1cccc2cn[nH]c12)[C@H]1CCN(Cc2ccccc2)C1. The maximum absolute atomic E-state index is 12.7. The number of para-hydroxylation sites is 1. The van der Waals surface area contributed by atoms with Gasteiger partial charge in [-0.2, -0.15) is 5.10 Å². The van der Waals surface area contributed by atoms with Crippen LogP contribution in [-0.2, 0) is 6.54 Å². The second kappa shape index (κ2) is 7.17. The van der Waals surface area contributed by atoms with Gasteiger partial charge in [-0.3, -0.25) is 10.00 Å². The number of likely N-dealkylation sites (tertiary alicyclic amines) is 1. The highest BCUT2D eigenvalue weighted by Crippen LogP contribution is 2.22. The Morgan fingerprint density at radius 2 is 2.12 bits per heavy atom. The first-order chi connectivity index (χ1) is 12.7. The average Bonchev–Trinajstić information content (AvgIpc) is 3.32. The first-order valence-electron chi connectivity index (χ1n) is 8.93. The van der Waals surface area contributed by atoms with Crippen molar-refractivity contribution in [2.45, 2.75) is 19.0 Å². The zero-order valence-corrected chi connectivity index (χ0v) is 14.9. The van der Waals surface area contributed by atoms with Crippen molar-refractivity contribution >= 4 is 22.6 Å². The molecule has 2 aromatic carbocycles. The summed E-state index contributed by atoms with van der Waals surface area (Å²) in [7, 11) is 1.87.